The minimum absolute atomic E-state index is 0.0550. The molecule has 2 aliphatic heterocycles. The minimum atomic E-state index is 0.0550. The van der Waals surface area contributed by atoms with E-state index in [0.717, 1.165) is 49.8 Å². The fourth-order valence-corrected chi connectivity index (χ4v) is 4.95. The van der Waals surface area contributed by atoms with Crippen LogP contribution in [0.2, 0.25) is 0 Å². The van der Waals surface area contributed by atoms with Gasteiger partial charge in [0.15, 0.2) is 0 Å². The Kier molecular flexibility index (Phi) is 4.67. The van der Waals surface area contributed by atoms with E-state index in [1.54, 1.807) is 22.7 Å². The Morgan fingerprint density at radius 2 is 2.29 bits per heavy atom. The van der Waals surface area contributed by atoms with Crippen LogP contribution in [0.25, 0.3) is 0 Å². The van der Waals surface area contributed by atoms with E-state index in [2.05, 4.69) is 9.88 Å². The summed E-state index contributed by atoms with van der Waals surface area (Å²) in [5.41, 5.74) is 0.856. The summed E-state index contributed by atoms with van der Waals surface area (Å²) in [5.74, 6) is 0.138. The maximum atomic E-state index is 12.7. The highest BCUT2D eigenvalue weighted by atomic mass is 32.1. The Hall–Kier alpha value is -1.28. The van der Waals surface area contributed by atoms with Crippen LogP contribution in [0.15, 0.2) is 28.4 Å². The number of ether oxygens (including phenoxy) is 1. The molecule has 4 rings (SSSR count). The number of hydrogen-bond acceptors (Lipinski definition) is 6. The Balaban J connectivity index is 1.45. The number of thiazole rings is 1. The van der Waals surface area contributed by atoms with Gasteiger partial charge in [-0.05, 0) is 24.4 Å². The molecular weight excluding hydrogens is 342 g/mol. The molecule has 0 aliphatic carbocycles. The van der Waals surface area contributed by atoms with E-state index in [1.807, 2.05) is 33.3 Å². The second kappa shape index (κ2) is 6.92. The quantitative estimate of drug-likeness (QED) is 0.841. The molecule has 2 aromatic heterocycles. The normalized spacial score (nSPS) is 25.2. The molecule has 2 aliphatic rings. The lowest BCUT2D eigenvalue weighted by Crippen LogP contribution is -2.43. The third kappa shape index (κ3) is 3.39. The average molecular weight is 364 g/mol. The number of amides is 1. The molecule has 24 heavy (non-hydrogen) atoms. The first kappa shape index (κ1) is 16.2. The summed E-state index contributed by atoms with van der Waals surface area (Å²) in [5, 5.41) is 7.08. The van der Waals surface area contributed by atoms with Crippen molar-refractivity contribution in [1.82, 2.24) is 14.8 Å². The molecule has 7 heteroatoms. The zero-order valence-electron chi connectivity index (χ0n) is 13.5. The van der Waals surface area contributed by atoms with Gasteiger partial charge in [-0.2, -0.15) is 11.3 Å². The van der Waals surface area contributed by atoms with Crippen molar-refractivity contribution < 1.29 is 9.53 Å². The molecule has 2 aromatic rings. The van der Waals surface area contributed by atoms with E-state index in [-0.39, 0.29) is 11.3 Å². The van der Waals surface area contributed by atoms with Crippen LogP contribution in [-0.2, 0) is 11.3 Å². The number of rotatable bonds is 3. The molecule has 4 heterocycles. The van der Waals surface area contributed by atoms with Gasteiger partial charge in [-0.25, -0.2) is 4.98 Å². The van der Waals surface area contributed by atoms with Gasteiger partial charge in [-0.15, -0.1) is 11.3 Å². The molecule has 1 amide bonds. The van der Waals surface area contributed by atoms with E-state index in [4.69, 9.17) is 4.74 Å². The largest absolute Gasteiger partial charge is 0.379 e. The maximum absolute atomic E-state index is 12.7. The van der Waals surface area contributed by atoms with E-state index < -0.39 is 0 Å². The van der Waals surface area contributed by atoms with Gasteiger partial charge in [0.05, 0.1) is 25.3 Å². The molecule has 0 saturated carbocycles. The lowest BCUT2D eigenvalue weighted by molar-refractivity contribution is 0.0644. The fraction of sp³-hybridized carbons (Fsp3) is 0.529. The van der Waals surface area contributed by atoms with Gasteiger partial charge in [-0.3, -0.25) is 9.69 Å². The van der Waals surface area contributed by atoms with Crippen molar-refractivity contribution in [1.29, 1.82) is 0 Å². The number of hydrogen-bond donors (Lipinski definition) is 0. The first-order chi connectivity index (χ1) is 11.7. The summed E-state index contributed by atoms with van der Waals surface area (Å²) in [4.78, 5) is 21.6. The number of thiophene rings is 1. The summed E-state index contributed by atoms with van der Waals surface area (Å²) in [7, 11) is 0. The fourth-order valence-electron chi connectivity index (χ4n) is 3.67. The molecule has 0 radical (unpaired) electrons. The van der Waals surface area contributed by atoms with E-state index in [9.17, 15) is 4.79 Å². The molecule has 2 saturated heterocycles. The lowest BCUT2D eigenvalue weighted by atomic mass is 9.87. The zero-order valence-corrected chi connectivity index (χ0v) is 15.2. The molecule has 0 bridgehead atoms. The molecular formula is C17H21N3O2S2. The molecule has 1 spiro atoms. The predicted octanol–water partition coefficient (Wildman–Crippen LogP) is 2.57. The zero-order chi connectivity index (χ0) is 16.4. The van der Waals surface area contributed by atoms with Crippen LogP contribution in [0, 0.1) is 5.41 Å². The van der Waals surface area contributed by atoms with Crippen molar-refractivity contribution in [2.24, 2.45) is 5.41 Å². The highest BCUT2D eigenvalue weighted by molar-refractivity contribution is 7.09. The monoisotopic (exact) mass is 363 g/mol. The third-order valence-electron chi connectivity index (χ3n) is 4.86. The Morgan fingerprint density at radius 3 is 3.08 bits per heavy atom. The maximum Gasteiger partial charge on any atom is 0.254 e. The number of nitrogens with zero attached hydrogens (tertiary/aromatic N) is 3. The summed E-state index contributed by atoms with van der Waals surface area (Å²) in [6, 6.07) is 1.91. The molecule has 0 N–H and O–H groups in total. The van der Waals surface area contributed by atoms with Gasteiger partial charge < -0.3 is 9.64 Å². The molecule has 0 unspecified atom stereocenters. The average Bonchev–Trinajstić information content (AvgIpc) is 3.30. The minimum Gasteiger partial charge on any atom is -0.379 e. The SMILES string of the molecule is O=C(c1ccsc1)N1CCOC[C@@]2(CCN(Cc3nccs3)C2)C1. The molecule has 128 valence electrons. The van der Waals surface area contributed by atoms with Crippen LogP contribution in [-0.4, -0.2) is 60.1 Å². The van der Waals surface area contributed by atoms with Crippen molar-refractivity contribution in [3.05, 3.63) is 39.0 Å². The van der Waals surface area contributed by atoms with E-state index in [0.29, 0.717) is 13.2 Å². The highest BCUT2D eigenvalue weighted by Crippen LogP contribution is 2.34. The standard InChI is InChI=1S/C17H21N3O2S2/c21-16(14-1-7-23-10-14)20-5-6-22-13-17(12-20)2-4-19(11-17)9-15-18-3-8-24-15/h1,3,7-8,10H,2,4-6,9,11-13H2/t17-/m1/s1. The number of carbonyl (C=O) groups excluding carboxylic acids is 1. The van der Waals surface area contributed by atoms with Crippen LogP contribution >= 0.6 is 22.7 Å². The van der Waals surface area contributed by atoms with Crippen LogP contribution < -0.4 is 0 Å². The number of aromatic nitrogens is 1. The van der Waals surface area contributed by atoms with Gasteiger partial charge in [-0.1, -0.05) is 0 Å². The molecule has 2 fully saturated rings. The second-order valence-electron chi connectivity index (χ2n) is 6.68. The topological polar surface area (TPSA) is 45.7 Å². The van der Waals surface area contributed by atoms with Gasteiger partial charge in [0.1, 0.15) is 5.01 Å². The van der Waals surface area contributed by atoms with Crippen LogP contribution in [0.1, 0.15) is 21.8 Å². The summed E-state index contributed by atoms with van der Waals surface area (Å²) in [6.07, 6.45) is 2.94. The molecule has 5 nitrogen and oxygen atoms in total. The Morgan fingerprint density at radius 1 is 1.33 bits per heavy atom. The van der Waals surface area contributed by atoms with Crippen molar-refractivity contribution in [2.75, 3.05) is 39.4 Å². The summed E-state index contributed by atoms with van der Waals surface area (Å²) >= 11 is 3.28. The van der Waals surface area contributed by atoms with Crippen molar-refractivity contribution in [3.8, 4) is 0 Å². The molecule has 1 atom stereocenters. The summed E-state index contributed by atoms with van der Waals surface area (Å²) in [6.45, 7) is 5.76. The van der Waals surface area contributed by atoms with Crippen molar-refractivity contribution in [2.45, 2.75) is 13.0 Å². The first-order valence-corrected chi connectivity index (χ1v) is 10.1. The number of likely N-dealkylation sites (tertiary alicyclic amines) is 1. The van der Waals surface area contributed by atoms with Crippen molar-refractivity contribution in [3.63, 3.8) is 0 Å². The summed E-state index contributed by atoms with van der Waals surface area (Å²) < 4.78 is 5.88. The van der Waals surface area contributed by atoms with E-state index in [1.165, 1.54) is 0 Å². The van der Waals surface area contributed by atoms with Gasteiger partial charge in [0, 0.05) is 42.0 Å². The van der Waals surface area contributed by atoms with Gasteiger partial charge >= 0.3 is 0 Å². The van der Waals surface area contributed by atoms with Crippen molar-refractivity contribution >= 4 is 28.6 Å². The van der Waals surface area contributed by atoms with E-state index >= 15 is 0 Å². The Labute approximate surface area is 149 Å². The van der Waals surface area contributed by atoms with Gasteiger partial charge in [0.2, 0.25) is 0 Å². The molecule has 0 aromatic carbocycles. The van der Waals surface area contributed by atoms with Crippen LogP contribution in [0.3, 0.4) is 0 Å². The third-order valence-corrected chi connectivity index (χ3v) is 6.30. The second-order valence-corrected chi connectivity index (χ2v) is 8.44. The number of carbonyl (C=O) groups is 1. The van der Waals surface area contributed by atoms with Gasteiger partial charge in [0.25, 0.3) is 5.91 Å². The highest BCUT2D eigenvalue weighted by Gasteiger charge is 2.42. The Bertz CT molecular complexity index is 674. The first-order valence-electron chi connectivity index (χ1n) is 8.24. The van der Waals surface area contributed by atoms with Crippen LogP contribution in [0.4, 0.5) is 0 Å². The lowest BCUT2D eigenvalue weighted by Gasteiger charge is -2.31. The smallest absolute Gasteiger partial charge is 0.254 e. The predicted molar refractivity (Wildman–Crippen MR) is 95.5 cm³/mol. The van der Waals surface area contributed by atoms with Crippen LogP contribution in [0.5, 0.6) is 0 Å².